The molecular formula is C19H21N. The van der Waals surface area contributed by atoms with Crippen LogP contribution in [0.1, 0.15) is 56.2 Å². The number of benzene rings is 2. The third-order valence-electron chi connectivity index (χ3n) is 3.68. The van der Waals surface area contributed by atoms with E-state index in [-0.39, 0.29) is 0 Å². The predicted molar refractivity (Wildman–Crippen MR) is 84.8 cm³/mol. The summed E-state index contributed by atoms with van der Waals surface area (Å²) in [7, 11) is 0. The Morgan fingerprint density at radius 3 is 1.80 bits per heavy atom. The molecule has 0 radical (unpaired) electrons. The standard InChI is InChI=1S/C19H21N/c1-13(2)18-10-9-17(11-19(18)14(3)4)16-7-5-15(12-20)6-8-16/h5-11,13-14H,1-4H3. The third kappa shape index (κ3) is 2.91. The Labute approximate surface area is 121 Å². The number of hydrogen-bond acceptors (Lipinski definition) is 1. The van der Waals surface area contributed by atoms with Crippen LogP contribution in [0.3, 0.4) is 0 Å². The zero-order chi connectivity index (χ0) is 14.7. The molecule has 0 heterocycles. The molecule has 0 aliphatic rings. The summed E-state index contributed by atoms with van der Waals surface area (Å²) in [6.07, 6.45) is 0. The molecule has 0 saturated carbocycles. The molecule has 20 heavy (non-hydrogen) atoms. The number of nitrogens with zero attached hydrogens (tertiary/aromatic N) is 1. The Bertz CT molecular complexity index is 628. The van der Waals surface area contributed by atoms with Crippen LogP contribution in [0, 0.1) is 11.3 Å². The lowest BCUT2D eigenvalue weighted by molar-refractivity contribution is 0.791. The van der Waals surface area contributed by atoms with Gasteiger partial charge in [-0.2, -0.15) is 5.26 Å². The lowest BCUT2D eigenvalue weighted by Crippen LogP contribution is -1.99. The first kappa shape index (κ1) is 14.3. The van der Waals surface area contributed by atoms with Crippen LogP contribution in [-0.2, 0) is 0 Å². The number of nitriles is 1. The number of hydrogen-bond donors (Lipinski definition) is 0. The van der Waals surface area contributed by atoms with E-state index in [1.165, 1.54) is 22.3 Å². The summed E-state index contributed by atoms with van der Waals surface area (Å²) in [5.41, 5.74) is 5.94. The van der Waals surface area contributed by atoms with Crippen LogP contribution in [0.15, 0.2) is 42.5 Å². The van der Waals surface area contributed by atoms with Crippen LogP contribution in [0.4, 0.5) is 0 Å². The van der Waals surface area contributed by atoms with Gasteiger partial charge in [0.25, 0.3) is 0 Å². The highest BCUT2D eigenvalue weighted by Crippen LogP contribution is 2.31. The molecule has 2 aromatic carbocycles. The molecule has 0 aliphatic carbocycles. The molecule has 0 aromatic heterocycles. The van der Waals surface area contributed by atoms with Gasteiger partial charge in [0.2, 0.25) is 0 Å². The zero-order valence-corrected chi connectivity index (χ0v) is 12.6. The average Bonchev–Trinajstić information content (AvgIpc) is 2.46. The van der Waals surface area contributed by atoms with Crippen molar-refractivity contribution in [3.05, 3.63) is 59.2 Å². The van der Waals surface area contributed by atoms with Gasteiger partial charge in [0.15, 0.2) is 0 Å². The van der Waals surface area contributed by atoms with E-state index in [0.29, 0.717) is 17.4 Å². The first-order chi connectivity index (χ1) is 9.52. The van der Waals surface area contributed by atoms with E-state index >= 15 is 0 Å². The van der Waals surface area contributed by atoms with Crippen LogP contribution in [0.2, 0.25) is 0 Å². The Morgan fingerprint density at radius 1 is 0.750 bits per heavy atom. The van der Waals surface area contributed by atoms with Crippen molar-refractivity contribution in [2.45, 2.75) is 39.5 Å². The van der Waals surface area contributed by atoms with Crippen molar-refractivity contribution in [2.75, 3.05) is 0 Å². The molecule has 0 saturated heterocycles. The van der Waals surface area contributed by atoms with Crippen LogP contribution < -0.4 is 0 Å². The molecule has 1 heteroatoms. The molecule has 0 spiro atoms. The lowest BCUT2D eigenvalue weighted by Gasteiger charge is -2.17. The van der Waals surface area contributed by atoms with Crippen molar-refractivity contribution < 1.29 is 0 Å². The zero-order valence-electron chi connectivity index (χ0n) is 12.6. The molecule has 0 amide bonds. The molecule has 2 aromatic rings. The monoisotopic (exact) mass is 263 g/mol. The van der Waals surface area contributed by atoms with Gasteiger partial charge >= 0.3 is 0 Å². The summed E-state index contributed by atoms with van der Waals surface area (Å²) < 4.78 is 0. The Balaban J connectivity index is 2.47. The fourth-order valence-corrected chi connectivity index (χ4v) is 2.52. The van der Waals surface area contributed by atoms with Crippen LogP contribution in [-0.4, -0.2) is 0 Å². The second kappa shape index (κ2) is 5.92. The smallest absolute Gasteiger partial charge is 0.0991 e. The van der Waals surface area contributed by atoms with E-state index < -0.39 is 0 Å². The minimum atomic E-state index is 0.519. The first-order valence-corrected chi connectivity index (χ1v) is 7.17. The van der Waals surface area contributed by atoms with Gasteiger partial charge in [0, 0.05) is 0 Å². The summed E-state index contributed by atoms with van der Waals surface area (Å²) in [5, 5.41) is 8.86. The van der Waals surface area contributed by atoms with Gasteiger partial charge in [-0.3, -0.25) is 0 Å². The molecule has 0 unspecified atom stereocenters. The fourth-order valence-electron chi connectivity index (χ4n) is 2.52. The van der Waals surface area contributed by atoms with Crippen LogP contribution in [0.25, 0.3) is 11.1 Å². The van der Waals surface area contributed by atoms with E-state index in [0.717, 1.165) is 0 Å². The van der Waals surface area contributed by atoms with Crippen molar-refractivity contribution in [2.24, 2.45) is 0 Å². The van der Waals surface area contributed by atoms with E-state index in [4.69, 9.17) is 5.26 Å². The molecule has 2 rings (SSSR count). The highest BCUT2D eigenvalue weighted by molar-refractivity contribution is 5.66. The maximum Gasteiger partial charge on any atom is 0.0991 e. The molecule has 0 bridgehead atoms. The van der Waals surface area contributed by atoms with Gasteiger partial charge in [-0.15, -0.1) is 0 Å². The van der Waals surface area contributed by atoms with Crippen molar-refractivity contribution in [3.8, 4) is 17.2 Å². The van der Waals surface area contributed by atoms with Crippen LogP contribution >= 0.6 is 0 Å². The quantitative estimate of drug-likeness (QED) is 0.720. The Morgan fingerprint density at radius 2 is 1.30 bits per heavy atom. The van der Waals surface area contributed by atoms with Gasteiger partial charge in [-0.05, 0) is 46.2 Å². The molecule has 0 N–H and O–H groups in total. The summed E-state index contributed by atoms with van der Waals surface area (Å²) in [6, 6.07) is 16.7. The molecule has 0 fully saturated rings. The SMILES string of the molecule is CC(C)c1ccc(-c2ccc(C#N)cc2)cc1C(C)C. The van der Waals surface area contributed by atoms with Crippen molar-refractivity contribution in [3.63, 3.8) is 0 Å². The molecule has 102 valence electrons. The molecular weight excluding hydrogens is 242 g/mol. The second-order valence-electron chi connectivity index (χ2n) is 5.84. The van der Waals surface area contributed by atoms with Gasteiger partial charge < -0.3 is 0 Å². The van der Waals surface area contributed by atoms with E-state index in [9.17, 15) is 0 Å². The highest BCUT2D eigenvalue weighted by atomic mass is 14.2. The Kier molecular flexibility index (Phi) is 4.25. The van der Waals surface area contributed by atoms with Gasteiger partial charge in [0.05, 0.1) is 11.6 Å². The largest absolute Gasteiger partial charge is 0.192 e. The van der Waals surface area contributed by atoms with Gasteiger partial charge in [0.1, 0.15) is 0 Å². The fraction of sp³-hybridized carbons (Fsp3) is 0.316. The van der Waals surface area contributed by atoms with E-state index in [1.54, 1.807) is 0 Å². The minimum absolute atomic E-state index is 0.519. The number of rotatable bonds is 3. The lowest BCUT2D eigenvalue weighted by atomic mass is 9.88. The first-order valence-electron chi connectivity index (χ1n) is 7.17. The summed E-state index contributed by atoms with van der Waals surface area (Å²) in [5.74, 6) is 1.06. The second-order valence-corrected chi connectivity index (χ2v) is 5.84. The minimum Gasteiger partial charge on any atom is -0.192 e. The highest BCUT2D eigenvalue weighted by Gasteiger charge is 2.11. The van der Waals surface area contributed by atoms with Gasteiger partial charge in [-0.25, -0.2) is 0 Å². The molecule has 0 atom stereocenters. The summed E-state index contributed by atoms with van der Waals surface area (Å²) >= 11 is 0. The molecule has 1 nitrogen and oxygen atoms in total. The van der Waals surface area contributed by atoms with Gasteiger partial charge in [-0.1, -0.05) is 58.0 Å². The van der Waals surface area contributed by atoms with E-state index in [2.05, 4.69) is 52.0 Å². The predicted octanol–water partition coefficient (Wildman–Crippen LogP) is 5.47. The maximum atomic E-state index is 8.86. The topological polar surface area (TPSA) is 23.8 Å². The van der Waals surface area contributed by atoms with Crippen molar-refractivity contribution in [1.29, 1.82) is 5.26 Å². The van der Waals surface area contributed by atoms with Crippen molar-refractivity contribution in [1.82, 2.24) is 0 Å². The third-order valence-corrected chi connectivity index (χ3v) is 3.68. The average molecular weight is 263 g/mol. The Hall–Kier alpha value is -2.07. The van der Waals surface area contributed by atoms with Crippen molar-refractivity contribution >= 4 is 0 Å². The molecule has 0 aliphatic heterocycles. The van der Waals surface area contributed by atoms with Crippen LogP contribution in [0.5, 0.6) is 0 Å². The normalized spacial score (nSPS) is 10.8. The van der Waals surface area contributed by atoms with E-state index in [1.807, 2.05) is 24.3 Å². The summed E-state index contributed by atoms with van der Waals surface area (Å²) in [6.45, 7) is 8.96. The summed E-state index contributed by atoms with van der Waals surface area (Å²) in [4.78, 5) is 0. The maximum absolute atomic E-state index is 8.86.